The second-order valence-corrected chi connectivity index (χ2v) is 5.55. The molecule has 0 aliphatic carbocycles. The van der Waals surface area contributed by atoms with Crippen molar-refractivity contribution < 1.29 is 46.4 Å². The van der Waals surface area contributed by atoms with E-state index < -0.39 is 18.8 Å². The summed E-state index contributed by atoms with van der Waals surface area (Å²) in [7, 11) is 0. The zero-order valence-corrected chi connectivity index (χ0v) is 15.3. The maximum absolute atomic E-state index is 11.8. The molecular weight excluding hydrogens is 361 g/mol. The van der Waals surface area contributed by atoms with Gasteiger partial charge in [0.05, 0.1) is 59.5 Å². The Balaban J connectivity index is 3.13. The molecule has 0 saturated heterocycles. The van der Waals surface area contributed by atoms with E-state index in [4.69, 9.17) is 23.7 Å². The molecule has 0 aromatic carbocycles. The third kappa shape index (κ3) is 17.9. The van der Waals surface area contributed by atoms with Crippen LogP contribution in [0.5, 0.6) is 0 Å². The Bertz CT molecular complexity index is 338. The molecule has 26 heavy (non-hydrogen) atoms. The molecule has 0 heterocycles. The van der Waals surface area contributed by atoms with Gasteiger partial charge in [-0.2, -0.15) is 13.2 Å². The number of hydrogen-bond acceptors (Lipinski definition) is 7. The van der Waals surface area contributed by atoms with E-state index in [1.807, 2.05) is 0 Å². The van der Waals surface area contributed by atoms with Gasteiger partial charge >= 0.3 is 12.1 Å². The zero-order chi connectivity index (χ0) is 19.7. The van der Waals surface area contributed by atoms with Crippen molar-refractivity contribution in [3.05, 3.63) is 0 Å². The molecule has 0 N–H and O–H groups in total. The van der Waals surface area contributed by atoms with Crippen molar-refractivity contribution in [3.8, 4) is 0 Å². The Morgan fingerprint density at radius 3 is 1.38 bits per heavy atom. The minimum Gasteiger partial charge on any atom is -0.457 e. The number of alkyl halides is 3. The van der Waals surface area contributed by atoms with Crippen molar-refractivity contribution in [2.45, 2.75) is 20.0 Å². The minimum absolute atomic E-state index is 0.125. The summed E-state index contributed by atoms with van der Waals surface area (Å²) < 4.78 is 65.5. The van der Waals surface area contributed by atoms with Crippen LogP contribution in [-0.2, 0) is 33.2 Å². The summed E-state index contributed by atoms with van der Waals surface area (Å²) in [6.45, 7) is 7.54. The highest BCUT2D eigenvalue weighted by atomic mass is 19.4. The summed E-state index contributed by atoms with van der Waals surface area (Å²) in [5.74, 6) is -1.71. The van der Waals surface area contributed by atoms with Crippen molar-refractivity contribution in [2.75, 3.05) is 72.7 Å². The van der Waals surface area contributed by atoms with Crippen molar-refractivity contribution in [2.24, 2.45) is 5.92 Å². The summed E-state index contributed by atoms with van der Waals surface area (Å²) >= 11 is 0. The van der Waals surface area contributed by atoms with E-state index in [9.17, 15) is 18.0 Å². The van der Waals surface area contributed by atoms with E-state index in [2.05, 4.69) is 18.6 Å². The molecule has 0 unspecified atom stereocenters. The third-order valence-electron chi connectivity index (χ3n) is 2.63. The van der Waals surface area contributed by atoms with Gasteiger partial charge in [-0.15, -0.1) is 0 Å². The SMILES string of the molecule is CC(C)COCCOCCOCCOCCOCCOC(=O)C(F)(F)F. The molecule has 0 radical (unpaired) electrons. The van der Waals surface area contributed by atoms with E-state index >= 15 is 0 Å². The number of halogens is 3. The predicted octanol–water partition coefficient (Wildman–Crippen LogP) is 1.83. The van der Waals surface area contributed by atoms with Crippen LogP contribution in [0.4, 0.5) is 13.2 Å². The Morgan fingerprint density at radius 2 is 1.04 bits per heavy atom. The Hall–Kier alpha value is -0.940. The fourth-order valence-electron chi connectivity index (χ4n) is 1.47. The minimum atomic E-state index is -4.98. The Labute approximate surface area is 152 Å². The lowest BCUT2D eigenvalue weighted by Gasteiger charge is -2.09. The van der Waals surface area contributed by atoms with Gasteiger partial charge in [0.15, 0.2) is 0 Å². The van der Waals surface area contributed by atoms with Gasteiger partial charge in [-0.05, 0) is 5.92 Å². The number of rotatable bonds is 17. The van der Waals surface area contributed by atoms with Gasteiger partial charge in [0, 0.05) is 6.61 Å². The molecule has 0 saturated carbocycles. The normalized spacial score (nSPS) is 11.9. The molecule has 0 aromatic heterocycles. The largest absolute Gasteiger partial charge is 0.490 e. The molecular formula is C16H29F3O7. The molecule has 0 rings (SSSR count). The highest BCUT2D eigenvalue weighted by Gasteiger charge is 2.40. The Morgan fingerprint density at radius 1 is 0.692 bits per heavy atom. The fourth-order valence-corrected chi connectivity index (χ4v) is 1.47. The van der Waals surface area contributed by atoms with Crippen LogP contribution in [0.2, 0.25) is 0 Å². The van der Waals surface area contributed by atoms with Crippen molar-refractivity contribution >= 4 is 5.97 Å². The number of hydrogen-bond donors (Lipinski definition) is 0. The first-order valence-electron chi connectivity index (χ1n) is 8.46. The summed E-state index contributed by atoms with van der Waals surface area (Å²) in [6.07, 6.45) is -4.98. The van der Waals surface area contributed by atoms with Gasteiger partial charge < -0.3 is 28.4 Å². The second-order valence-electron chi connectivity index (χ2n) is 5.55. The van der Waals surface area contributed by atoms with E-state index in [1.54, 1.807) is 0 Å². The molecule has 156 valence electrons. The summed E-state index contributed by atoms with van der Waals surface area (Å²) in [5.41, 5.74) is 0. The maximum Gasteiger partial charge on any atom is 0.490 e. The number of carbonyl (C=O) groups is 1. The van der Waals surface area contributed by atoms with Gasteiger partial charge in [0.1, 0.15) is 6.61 Å². The number of carbonyl (C=O) groups excluding carboxylic acids is 1. The van der Waals surface area contributed by atoms with Gasteiger partial charge in [-0.1, -0.05) is 13.8 Å². The second kappa shape index (κ2) is 16.2. The number of esters is 1. The quantitative estimate of drug-likeness (QED) is 0.277. The molecule has 0 fully saturated rings. The van der Waals surface area contributed by atoms with Crippen molar-refractivity contribution in [1.29, 1.82) is 0 Å². The molecule has 0 amide bonds. The van der Waals surface area contributed by atoms with E-state index in [-0.39, 0.29) is 19.8 Å². The third-order valence-corrected chi connectivity index (χ3v) is 2.63. The fraction of sp³-hybridized carbons (Fsp3) is 0.938. The molecule has 7 nitrogen and oxygen atoms in total. The average molecular weight is 390 g/mol. The van der Waals surface area contributed by atoms with Gasteiger partial charge in [-0.3, -0.25) is 0 Å². The average Bonchev–Trinajstić information content (AvgIpc) is 2.56. The van der Waals surface area contributed by atoms with Crippen LogP contribution in [0.3, 0.4) is 0 Å². The monoisotopic (exact) mass is 390 g/mol. The van der Waals surface area contributed by atoms with E-state index in [1.165, 1.54) is 0 Å². The topological polar surface area (TPSA) is 72.5 Å². The first kappa shape index (κ1) is 25.1. The van der Waals surface area contributed by atoms with Crippen LogP contribution >= 0.6 is 0 Å². The van der Waals surface area contributed by atoms with Gasteiger partial charge in [0.25, 0.3) is 0 Å². The van der Waals surface area contributed by atoms with Gasteiger partial charge in [-0.25, -0.2) is 4.79 Å². The predicted molar refractivity (Wildman–Crippen MR) is 85.9 cm³/mol. The lowest BCUT2D eigenvalue weighted by atomic mass is 10.2. The van der Waals surface area contributed by atoms with E-state index in [0.29, 0.717) is 45.6 Å². The zero-order valence-electron chi connectivity index (χ0n) is 15.3. The summed E-state index contributed by atoms with van der Waals surface area (Å²) in [4.78, 5) is 10.4. The van der Waals surface area contributed by atoms with Crippen LogP contribution in [0.25, 0.3) is 0 Å². The molecule has 0 bridgehead atoms. The van der Waals surface area contributed by atoms with Crippen LogP contribution in [0, 0.1) is 5.92 Å². The first-order chi connectivity index (χ1) is 12.3. The summed E-state index contributed by atoms with van der Waals surface area (Å²) in [6, 6.07) is 0. The van der Waals surface area contributed by atoms with Crippen LogP contribution < -0.4 is 0 Å². The maximum atomic E-state index is 11.8. The molecule has 10 heteroatoms. The summed E-state index contributed by atoms with van der Waals surface area (Å²) in [5, 5.41) is 0. The molecule has 0 atom stereocenters. The van der Waals surface area contributed by atoms with Crippen molar-refractivity contribution in [3.63, 3.8) is 0 Å². The highest BCUT2D eigenvalue weighted by Crippen LogP contribution is 2.16. The smallest absolute Gasteiger partial charge is 0.457 e. The standard InChI is InChI=1S/C16H29F3O7/c1-14(2)13-25-10-9-23-6-5-21-3-4-22-7-8-24-11-12-26-15(20)16(17,18)19/h14H,3-13H2,1-2H3. The molecule has 0 spiro atoms. The van der Waals surface area contributed by atoms with Crippen LogP contribution in [-0.4, -0.2) is 84.8 Å². The van der Waals surface area contributed by atoms with Gasteiger partial charge in [0.2, 0.25) is 0 Å². The first-order valence-corrected chi connectivity index (χ1v) is 8.46. The van der Waals surface area contributed by atoms with Crippen molar-refractivity contribution in [1.82, 2.24) is 0 Å². The lowest BCUT2D eigenvalue weighted by Crippen LogP contribution is -2.26. The van der Waals surface area contributed by atoms with E-state index in [0.717, 1.165) is 6.61 Å². The highest BCUT2D eigenvalue weighted by molar-refractivity contribution is 5.75. The Kier molecular flexibility index (Phi) is 15.7. The van der Waals surface area contributed by atoms with Crippen LogP contribution in [0.15, 0.2) is 0 Å². The number of ether oxygens (including phenoxy) is 6. The lowest BCUT2D eigenvalue weighted by molar-refractivity contribution is -0.200. The molecule has 0 aromatic rings. The molecule has 0 aliphatic heterocycles. The van der Waals surface area contributed by atoms with Crippen LogP contribution in [0.1, 0.15) is 13.8 Å². The molecule has 0 aliphatic rings.